The summed E-state index contributed by atoms with van der Waals surface area (Å²) in [5.74, 6) is -0.376. The van der Waals surface area contributed by atoms with Gasteiger partial charge in [-0.05, 0) is 38.5 Å². The Kier molecular flexibility index (Phi) is 4.10. The van der Waals surface area contributed by atoms with E-state index in [2.05, 4.69) is 21.2 Å². The first-order valence-electron chi connectivity index (χ1n) is 5.20. The summed E-state index contributed by atoms with van der Waals surface area (Å²) in [5.41, 5.74) is 5.51. The maximum atomic E-state index is 11.6. The van der Waals surface area contributed by atoms with E-state index in [1.807, 2.05) is 38.1 Å². The van der Waals surface area contributed by atoms with Crippen LogP contribution in [0, 0.1) is 0 Å². The monoisotopic (exact) mass is 284 g/mol. The highest BCUT2D eigenvalue weighted by molar-refractivity contribution is 9.10. The molecule has 1 aromatic rings. The highest BCUT2D eigenvalue weighted by atomic mass is 79.9. The van der Waals surface area contributed by atoms with E-state index in [1.54, 1.807) is 6.92 Å². The van der Waals surface area contributed by atoms with Crippen molar-refractivity contribution in [2.75, 3.05) is 0 Å². The van der Waals surface area contributed by atoms with Gasteiger partial charge in [0, 0.05) is 10.5 Å². The van der Waals surface area contributed by atoms with Gasteiger partial charge in [-0.25, -0.2) is 0 Å². The van der Waals surface area contributed by atoms with Gasteiger partial charge < -0.3 is 5.73 Å². The van der Waals surface area contributed by atoms with Crippen molar-refractivity contribution in [3.63, 3.8) is 0 Å². The van der Waals surface area contributed by atoms with Crippen LogP contribution in [0.1, 0.15) is 26.3 Å². The van der Waals surface area contributed by atoms with E-state index in [-0.39, 0.29) is 11.9 Å². The summed E-state index contributed by atoms with van der Waals surface area (Å²) in [5, 5.41) is 3.20. The minimum absolute atomic E-state index is 0.177. The zero-order valence-electron chi connectivity index (χ0n) is 9.75. The van der Waals surface area contributed by atoms with Crippen LogP contribution in [-0.2, 0) is 10.3 Å². The van der Waals surface area contributed by atoms with Gasteiger partial charge in [0.05, 0.1) is 0 Å². The van der Waals surface area contributed by atoms with E-state index >= 15 is 0 Å². The van der Waals surface area contributed by atoms with Gasteiger partial charge in [-0.15, -0.1) is 0 Å². The molecular weight excluding hydrogens is 268 g/mol. The number of rotatable bonds is 4. The van der Waals surface area contributed by atoms with Crippen LogP contribution in [-0.4, -0.2) is 11.9 Å². The van der Waals surface area contributed by atoms with Crippen LogP contribution in [0.3, 0.4) is 0 Å². The number of amides is 1. The molecule has 0 saturated carbocycles. The lowest BCUT2D eigenvalue weighted by Gasteiger charge is -2.30. The summed E-state index contributed by atoms with van der Waals surface area (Å²) in [6.45, 7) is 5.77. The molecule has 1 rings (SSSR count). The van der Waals surface area contributed by atoms with Crippen molar-refractivity contribution in [2.24, 2.45) is 5.73 Å². The van der Waals surface area contributed by atoms with Gasteiger partial charge in [-0.1, -0.05) is 28.1 Å². The number of carbonyl (C=O) groups is 1. The number of hydrogen-bond donors (Lipinski definition) is 2. The van der Waals surface area contributed by atoms with Gasteiger partial charge in [-0.2, -0.15) is 0 Å². The van der Waals surface area contributed by atoms with Crippen LogP contribution in [0.25, 0.3) is 0 Å². The lowest BCUT2D eigenvalue weighted by atomic mass is 9.90. The van der Waals surface area contributed by atoms with Gasteiger partial charge in [0.2, 0.25) is 5.91 Å². The molecule has 0 aliphatic carbocycles. The first-order valence-corrected chi connectivity index (χ1v) is 5.99. The predicted octanol–water partition coefficient (Wildman–Crippen LogP) is 2.15. The summed E-state index contributed by atoms with van der Waals surface area (Å²) in [6, 6.07) is 7.78. The average Bonchev–Trinajstić information content (AvgIpc) is 2.16. The molecule has 0 bridgehead atoms. The molecule has 0 aliphatic heterocycles. The third-order valence-corrected chi connectivity index (χ3v) is 2.97. The second-order valence-electron chi connectivity index (χ2n) is 4.30. The normalized spacial score (nSPS) is 14.8. The third-order valence-electron chi connectivity index (χ3n) is 2.47. The van der Waals surface area contributed by atoms with E-state index in [4.69, 9.17) is 5.73 Å². The number of halogens is 1. The molecule has 1 atom stereocenters. The van der Waals surface area contributed by atoms with Gasteiger partial charge in [-0.3, -0.25) is 10.1 Å². The van der Waals surface area contributed by atoms with Gasteiger partial charge >= 0.3 is 0 Å². The summed E-state index contributed by atoms with van der Waals surface area (Å²) < 4.78 is 0.933. The Morgan fingerprint density at radius 1 is 1.50 bits per heavy atom. The number of hydrogen-bond acceptors (Lipinski definition) is 2. The number of carbonyl (C=O) groups excluding carboxylic acids is 1. The zero-order valence-corrected chi connectivity index (χ0v) is 11.3. The van der Waals surface area contributed by atoms with Crippen LogP contribution >= 0.6 is 15.9 Å². The minimum atomic E-state index is -0.835. The molecule has 1 amide bonds. The second-order valence-corrected chi connectivity index (χ2v) is 5.21. The molecule has 4 heteroatoms. The molecule has 0 spiro atoms. The van der Waals surface area contributed by atoms with Crippen LogP contribution < -0.4 is 11.1 Å². The molecule has 0 saturated heterocycles. The van der Waals surface area contributed by atoms with Crippen LogP contribution in [0.15, 0.2) is 28.7 Å². The topological polar surface area (TPSA) is 55.1 Å². The average molecular weight is 285 g/mol. The minimum Gasteiger partial charge on any atom is -0.368 e. The number of nitrogens with one attached hydrogen (secondary N) is 1. The summed E-state index contributed by atoms with van der Waals surface area (Å²) in [7, 11) is 0. The molecule has 3 N–H and O–H groups in total. The maximum Gasteiger partial charge on any atom is 0.242 e. The van der Waals surface area contributed by atoms with Gasteiger partial charge in [0.15, 0.2) is 0 Å². The molecule has 0 heterocycles. The van der Waals surface area contributed by atoms with Crippen LogP contribution in [0.2, 0.25) is 0 Å². The molecule has 0 radical (unpaired) electrons. The molecule has 0 aromatic heterocycles. The Bertz CT molecular complexity index is 392. The number of primary amides is 1. The maximum absolute atomic E-state index is 11.6. The van der Waals surface area contributed by atoms with Crippen molar-refractivity contribution in [1.29, 1.82) is 0 Å². The predicted molar refractivity (Wildman–Crippen MR) is 69.0 cm³/mol. The fourth-order valence-electron chi connectivity index (χ4n) is 1.67. The second kappa shape index (κ2) is 4.97. The molecule has 16 heavy (non-hydrogen) atoms. The van der Waals surface area contributed by atoms with E-state index in [9.17, 15) is 4.79 Å². The number of nitrogens with two attached hydrogens (primary N) is 1. The lowest BCUT2D eigenvalue weighted by molar-refractivity contribution is -0.124. The lowest BCUT2D eigenvalue weighted by Crippen LogP contribution is -2.52. The molecule has 88 valence electrons. The molecule has 1 aromatic carbocycles. The Labute approximate surface area is 105 Å². The van der Waals surface area contributed by atoms with Crippen molar-refractivity contribution < 1.29 is 4.79 Å². The Hall–Kier alpha value is -0.870. The Morgan fingerprint density at radius 3 is 2.56 bits per heavy atom. The first-order chi connectivity index (χ1) is 7.36. The van der Waals surface area contributed by atoms with Crippen LogP contribution in [0.5, 0.6) is 0 Å². The summed E-state index contributed by atoms with van der Waals surface area (Å²) in [4.78, 5) is 11.6. The smallest absolute Gasteiger partial charge is 0.242 e. The quantitative estimate of drug-likeness (QED) is 0.890. The van der Waals surface area contributed by atoms with Gasteiger partial charge in [0.25, 0.3) is 0 Å². The van der Waals surface area contributed by atoms with E-state index in [0.717, 1.165) is 10.0 Å². The molecule has 0 aliphatic rings. The summed E-state index contributed by atoms with van der Waals surface area (Å²) >= 11 is 3.39. The fraction of sp³-hybridized carbons (Fsp3) is 0.417. The highest BCUT2D eigenvalue weighted by Gasteiger charge is 2.33. The van der Waals surface area contributed by atoms with Crippen LogP contribution in [0.4, 0.5) is 0 Å². The zero-order chi connectivity index (χ0) is 12.3. The largest absolute Gasteiger partial charge is 0.368 e. The number of benzene rings is 1. The first kappa shape index (κ1) is 13.2. The van der Waals surface area contributed by atoms with E-state index in [1.165, 1.54) is 0 Å². The third kappa shape index (κ3) is 2.83. The summed E-state index contributed by atoms with van der Waals surface area (Å²) in [6.07, 6.45) is 0. The molecule has 0 fully saturated rings. The SMILES string of the molecule is CC(C)NC(C)(C(N)=O)c1cccc(Br)c1. The van der Waals surface area contributed by atoms with Crippen molar-refractivity contribution >= 4 is 21.8 Å². The molecule has 3 nitrogen and oxygen atoms in total. The van der Waals surface area contributed by atoms with Crippen molar-refractivity contribution in [3.8, 4) is 0 Å². The van der Waals surface area contributed by atoms with Gasteiger partial charge in [0.1, 0.15) is 5.54 Å². The highest BCUT2D eigenvalue weighted by Crippen LogP contribution is 2.24. The molecular formula is C12H17BrN2O. The fourth-order valence-corrected chi connectivity index (χ4v) is 2.07. The Morgan fingerprint density at radius 2 is 2.12 bits per heavy atom. The van der Waals surface area contributed by atoms with E-state index in [0.29, 0.717) is 0 Å². The van der Waals surface area contributed by atoms with Crippen molar-refractivity contribution in [1.82, 2.24) is 5.32 Å². The van der Waals surface area contributed by atoms with E-state index < -0.39 is 5.54 Å². The Balaban J connectivity index is 3.16. The van der Waals surface area contributed by atoms with Crippen molar-refractivity contribution in [2.45, 2.75) is 32.4 Å². The molecule has 1 unspecified atom stereocenters. The standard InChI is InChI=1S/C12H17BrN2O/c1-8(2)15-12(3,11(14)16)9-5-4-6-10(13)7-9/h4-8,15H,1-3H3,(H2,14,16). The van der Waals surface area contributed by atoms with Crippen molar-refractivity contribution in [3.05, 3.63) is 34.3 Å².